The van der Waals surface area contributed by atoms with Crippen molar-refractivity contribution in [2.75, 3.05) is 12.4 Å². The molecule has 282 valence electrons. The Hall–Kier alpha value is -4.69. The highest BCUT2D eigenvalue weighted by Crippen LogP contribution is 2.43. The second kappa shape index (κ2) is 16.5. The number of ketones is 1. The third-order valence-electron chi connectivity index (χ3n) is 9.34. The van der Waals surface area contributed by atoms with Crippen LogP contribution in [0.15, 0.2) is 89.8 Å². The normalized spacial score (nSPS) is 13.0. The third kappa shape index (κ3) is 10.0. The molecule has 1 atom stereocenters. The summed E-state index contributed by atoms with van der Waals surface area (Å²) in [6.45, 7) is 14.1. The molecular formula is C40H48FN3O7SSi. The van der Waals surface area contributed by atoms with Crippen LogP contribution in [0.5, 0.6) is 0 Å². The van der Waals surface area contributed by atoms with Gasteiger partial charge in [-0.15, -0.1) is 0 Å². The van der Waals surface area contributed by atoms with Gasteiger partial charge in [-0.1, -0.05) is 69.3 Å². The number of hydrogen-bond donors (Lipinski definition) is 2. The summed E-state index contributed by atoms with van der Waals surface area (Å²) in [5.74, 6) is -1.81. The maximum absolute atomic E-state index is 14.5. The fourth-order valence-corrected chi connectivity index (χ4v) is 7.66. The maximum atomic E-state index is 14.5. The molecule has 3 N–H and O–H groups in total. The summed E-state index contributed by atoms with van der Waals surface area (Å²) in [6, 6.07) is 20.3. The molecule has 0 radical (unpaired) electrons. The van der Waals surface area contributed by atoms with Crippen LogP contribution >= 0.6 is 0 Å². The van der Waals surface area contributed by atoms with Crippen LogP contribution in [-0.4, -0.2) is 52.2 Å². The lowest BCUT2D eigenvalue weighted by Crippen LogP contribution is -2.44. The number of aromatic nitrogens is 1. The van der Waals surface area contributed by atoms with Crippen molar-refractivity contribution in [2.45, 2.75) is 82.6 Å². The fraction of sp³-hybridized carbons (Fsp3) is 0.325. The van der Waals surface area contributed by atoms with E-state index in [1.54, 1.807) is 28.8 Å². The minimum Gasteiger partial charge on any atom is -0.469 e. The number of nitrogens with two attached hydrogens (primary N) is 1. The topological polar surface area (TPSA) is 147 Å². The van der Waals surface area contributed by atoms with Crippen molar-refractivity contribution >= 4 is 47.8 Å². The van der Waals surface area contributed by atoms with Gasteiger partial charge in [-0.3, -0.25) is 14.4 Å². The predicted molar refractivity (Wildman–Crippen MR) is 209 cm³/mol. The number of sulfonamides is 1. The van der Waals surface area contributed by atoms with E-state index in [1.165, 1.54) is 43.5 Å². The minimum absolute atomic E-state index is 0.0916. The number of carbonyl (C=O) groups excluding carboxylic acids is 3. The fourth-order valence-electron chi connectivity index (χ4n) is 5.75. The first-order chi connectivity index (χ1) is 24.7. The van der Waals surface area contributed by atoms with Gasteiger partial charge in [0.2, 0.25) is 10.0 Å². The Balaban J connectivity index is 1.92. The first kappa shape index (κ1) is 41.1. The molecule has 1 heterocycles. The Morgan fingerprint density at radius 2 is 1.55 bits per heavy atom. The summed E-state index contributed by atoms with van der Waals surface area (Å²) in [6.07, 6.45) is 2.13. The SMILES string of the molecule is COC(=O)C[C@@H](CC(=O)/C=C/c1c(-c2ccc(F)cc2)c(-c2ccccc2)c(C(=O)Nc2cccc(S(N)(=O)=O)c2)n1C(C)C)O[Si](C)(C)C(C)(C)C. The summed E-state index contributed by atoms with van der Waals surface area (Å²) in [5.41, 5.74) is 3.28. The highest BCUT2D eigenvalue weighted by atomic mass is 32.2. The number of rotatable bonds is 14. The molecule has 1 aromatic heterocycles. The monoisotopic (exact) mass is 761 g/mol. The Morgan fingerprint density at radius 1 is 0.925 bits per heavy atom. The first-order valence-electron chi connectivity index (χ1n) is 17.2. The average molecular weight is 762 g/mol. The van der Waals surface area contributed by atoms with Gasteiger partial charge in [0.15, 0.2) is 14.1 Å². The van der Waals surface area contributed by atoms with Crippen molar-refractivity contribution in [3.63, 3.8) is 0 Å². The van der Waals surface area contributed by atoms with Crippen molar-refractivity contribution in [2.24, 2.45) is 5.14 Å². The van der Waals surface area contributed by atoms with E-state index in [9.17, 15) is 27.2 Å². The molecule has 0 aliphatic rings. The summed E-state index contributed by atoms with van der Waals surface area (Å²) >= 11 is 0. The molecule has 3 aromatic carbocycles. The number of anilines is 1. The Kier molecular flexibility index (Phi) is 12.8. The zero-order valence-electron chi connectivity index (χ0n) is 31.4. The molecule has 4 rings (SSSR count). The Morgan fingerprint density at radius 3 is 2.11 bits per heavy atom. The number of ether oxygens (including phenoxy) is 1. The van der Waals surface area contributed by atoms with Crippen LogP contribution in [0.4, 0.5) is 10.1 Å². The number of methoxy groups -OCH3 is 1. The molecule has 0 bridgehead atoms. The number of amides is 1. The van der Waals surface area contributed by atoms with E-state index < -0.39 is 42.1 Å². The molecule has 0 fully saturated rings. The molecule has 53 heavy (non-hydrogen) atoms. The number of esters is 1. The number of carbonyl (C=O) groups is 3. The van der Waals surface area contributed by atoms with Gasteiger partial charge < -0.3 is 19.0 Å². The summed E-state index contributed by atoms with van der Waals surface area (Å²) < 4.78 is 51.7. The number of hydrogen-bond acceptors (Lipinski definition) is 7. The van der Waals surface area contributed by atoms with Gasteiger partial charge in [0.1, 0.15) is 11.5 Å². The number of allylic oxidation sites excluding steroid dienone is 1. The van der Waals surface area contributed by atoms with Crippen LogP contribution in [0, 0.1) is 5.82 Å². The number of primary sulfonamides is 1. The molecule has 4 aromatic rings. The molecule has 0 saturated heterocycles. The summed E-state index contributed by atoms with van der Waals surface area (Å²) in [7, 11) is -5.15. The van der Waals surface area contributed by atoms with Crippen LogP contribution in [0.1, 0.15) is 69.7 Å². The van der Waals surface area contributed by atoms with E-state index in [0.29, 0.717) is 27.9 Å². The maximum Gasteiger partial charge on any atom is 0.308 e. The van der Waals surface area contributed by atoms with Crippen molar-refractivity contribution in [1.29, 1.82) is 0 Å². The lowest BCUT2D eigenvalue weighted by Gasteiger charge is -2.39. The highest BCUT2D eigenvalue weighted by Gasteiger charge is 2.40. The smallest absolute Gasteiger partial charge is 0.308 e. The lowest BCUT2D eigenvalue weighted by molar-refractivity contribution is -0.142. The van der Waals surface area contributed by atoms with E-state index in [1.807, 2.05) is 57.3 Å². The zero-order chi connectivity index (χ0) is 39.3. The molecular weight excluding hydrogens is 714 g/mol. The van der Waals surface area contributed by atoms with E-state index >= 15 is 0 Å². The minimum atomic E-state index is -4.05. The van der Waals surface area contributed by atoms with Crippen LogP contribution in [0.2, 0.25) is 18.1 Å². The third-order valence-corrected chi connectivity index (χ3v) is 14.8. The zero-order valence-corrected chi connectivity index (χ0v) is 33.2. The Labute approximate surface area is 312 Å². The Bertz CT molecular complexity index is 2100. The van der Waals surface area contributed by atoms with Crippen molar-refractivity contribution in [3.8, 4) is 22.3 Å². The number of nitrogens with zero attached hydrogens (tertiary/aromatic N) is 1. The molecule has 0 spiro atoms. The van der Waals surface area contributed by atoms with Gasteiger partial charge in [-0.05, 0) is 85.6 Å². The van der Waals surface area contributed by atoms with Gasteiger partial charge in [0.05, 0.1) is 30.2 Å². The van der Waals surface area contributed by atoms with Gasteiger partial charge in [-0.2, -0.15) is 0 Å². The van der Waals surface area contributed by atoms with E-state index in [4.69, 9.17) is 14.3 Å². The second-order valence-electron chi connectivity index (χ2n) is 14.6. The molecule has 0 unspecified atom stereocenters. The molecule has 0 aliphatic heterocycles. The molecule has 13 heteroatoms. The van der Waals surface area contributed by atoms with Gasteiger partial charge >= 0.3 is 5.97 Å². The highest BCUT2D eigenvalue weighted by molar-refractivity contribution is 7.89. The quantitative estimate of drug-likeness (QED) is 0.0746. The number of nitrogens with one attached hydrogen (secondary N) is 1. The summed E-state index contributed by atoms with van der Waals surface area (Å²) in [4.78, 5) is 40.4. The van der Waals surface area contributed by atoms with Crippen LogP contribution in [-0.2, 0) is 28.8 Å². The van der Waals surface area contributed by atoms with E-state index in [2.05, 4.69) is 26.1 Å². The van der Waals surface area contributed by atoms with Crippen molar-refractivity contribution in [1.82, 2.24) is 4.57 Å². The number of halogens is 1. The van der Waals surface area contributed by atoms with Crippen molar-refractivity contribution in [3.05, 3.63) is 102 Å². The van der Waals surface area contributed by atoms with E-state index in [-0.39, 0.29) is 46.0 Å². The standard InChI is InChI=1S/C40H48FN3O7SSi/c1-26(2)44-34(22-21-31(45)24-32(25-35(46)50-6)51-53(7,8)40(3,4)5)36(28-17-19-29(41)20-18-28)37(27-13-10-9-11-14-27)38(44)39(47)43-30-15-12-16-33(23-30)52(42,48)49/h9-23,26,32H,24-25H2,1-8H3,(H,43,47)(H2,42,48,49)/b22-21+/t32-/m1/s1. The lowest BCUT2D eigenvalue weighted by atomic mass is 9.94. The van der Waals surface area contributed by atoms with Gasteiger partial charge in [-0.25, -0.2) is 17.9 Å². The van der Waals surface area contributed by atoms with E-state index in [0.717, 1.165) is 0 Å². The number of benzene rings is 3. The average Bonchev–Trinajstić information content (AvgIpc) is 3.42. The van der Waals surface area contributed by atoms with Crippen LogP contribution in [0.3, 0.4) is 0 Å². The molecule has 0 saturated carbocycles. The van der Waals surface area contributed by atoms with Gasteiger partial charge in [0, 0.05) is 29.3 Å². The molecule has 0 aliphatic carbocycles. The first-order valence-corrected chi connectivity index (χ1v) is 21.7. The predicted octanol–water partition coefficient (Wildman–Crippen LogP) is 8.37. The molecule has 10 nitrogen and oxygen atoms in total. The second-order valence-corrected chi connectivity index (χ2v) is 20.9. The largest absolute Gasteiger partial charge is 0.469 e. The summed E-state index contributed by atoms with van der Waals surface area (Å²) in [5, 5.41) is 8.03. The molecule has 1 amide bonds. The van der Waals surface area contributed by atoms with Gasteiger partial charge in [0.25, 0.3) is 5.91 Å². The van der Waals surface area contributed by atoms with Crippen molar-refractivity contribution < 1.29 is 36.4 Å². The van der Waals surface area contributed by atoms with Crippen LogP contribution < -0.4 is 10.5 Å². The van der Waals surface area contributed by atoms with Crippen LogP contribution in [0.25, 0.3) is 28.3 Å².